The van der Waals surface area contributed by atoms with Gasteiger partial charge in [0.25, 0.3) is 0 Å². The quantitative estimate of drug-likeness (QED) is 0.0279. The average Bonchev–Trinajstić information content (AvgIpc) is 3.01. The molecule has 0 rings (SSSR count). The normalized spacial score (nSPS) is 15.6. The molecule has 4 atom stereocenters. The van der Waals surface area contributed by atoms with Crippen LogP contribution in [0.15, 0.2) is 36.5 Å². The molecule has 45 heavy (non-hydrogen) atoms. The highest BCUT2D eigenvalue weighted by Gasteiger charge is 2.27. The van der Waals surface area contributed by atoms with E-state index in [0.29, 0.717) is 12.8 Å². The number of hydrogen-bond donors (Lipinski definition) is 5. The fourth-order valence-corrected chi connectivity index (χ4v) is 5.52. The lowest BCUT2D eigenvalue weighted by atomic mass is 10.1. The van der Waals surface area contributed by atoms with Gasteiger partial charge in [0, 0.05) is 6.54 Å². The van der Waals surface area contributed by atoms with Crippen LogP contribution in [0.25, 0.3) is 0 Å². The first kappa shape index (κ1) is 43.7. The number of phosphoric acid groups is 1. The van der Waals surface area contributed by atoms with Crippen LogP contribution in [0.2, 0.25) is 0 Å². The summed E-state index contributed by atoms with van der Waals surface area (Å²) in [5.41, 5.74) is 5.33. The molecular formula is C35H67N2O7P. The molecule has 10 heteroatoms. The smallest absolute Gasteiger partial charge is 0.393 e. The van der Waals surface area contributed by atoms with Crippen molar-refractivity contribution in [2.45, 2.75) is 161 Å². The molecule has 0 aromatic rings. The molecule has 0 fully saturated rings. The molecule has 1 amide bonds. The second kappa shape index (κ2) is 31.3. The Balaban J connectivity index is 4.57. The molecule has 0 aliphatic rings. The maximum absolute atomic E-state index is 12.7. The Bertz CT molecular complexity index is 822. The highest BCUT2D eigenvalue weighted by atomic mass is 31.2. The van der Waals surface area contributed by atoms with E-state index in [9.17, 15) is 24.5 Å². The second-order valence-electron chi connectivity index (χ2n) is 11.9. The summed E-state index contributed by atoms with van der Waals surface area (Å²) in [4.78, 5) is 22.5. The molecule has 0 saturated carbocycles. The molecule has 0 saturated heterocycles. The van der Waals surface area contributed by atoms with Crippen LogP contribution in [-0.4, -0.2) is 59.0 Å². The first-order valence-corrected chi connectivity index (χ1v) is 19.2. The van der Waals surface area contributed by atoms with Gasteiger partial charge in [-0.25, -0.2) is 4.57 Å². The van der Waals surface area contributed by atoms with Crippen LogP contribution in [-0.2, 0) is 18.4 Å². The number of aliphatic hydroxyl groups is 2. The van der Waals surface area contributed by atoms with Gasteiger partial charge in [0.15, 0.2) is 0 Å². The Hall–Kier alpha value is -1.32. The number of carbonyl (C=O) groups excluding carboxylic acids is 1. The lowest BCUT2D eigenvalue weighted by Gasteiger charge is -2.24. The molecule has 0 aromatic heterocycles. The fourth-order valence-electron chi connectivity index (χ4n) is 4.76. The average molecular weight is 659 g/mol. The van der Waals surface area contributed by atoms with Gasteiger partial charge in [0.1, 0.15) is 0 Å². The molecule has 0 aliphatic heterocycles. The van der Waals surface area contributed by atoms with Gasteiger partial charge in [0.05, 0.1) is 37.9 Å². The van der Waals surface area contributed by atoms with Gasteiger partial charge in [-0.05, 0) is 51.4 Å². The Morgan fingerprint density at radius 1 is 0.756 bits per heavy atom. The van der Waals surface area contributed by atoms with Crippen molar-refractivity contribution in [3.63, 3.8) is 0 Å². The van der Waals surface area contributed by atoms with E-state index in [-0.39, 0.29) is 19.6 Å². The first-order chi connectivity index (χ1) is 21.8. The number of rotatable bonds is 32. The van der Waals surface area contributed by atoms with Gasteiger partial charge in [-0.3, -0.25) is 13.8 Å². The minimum Gasteiger partial charge on any atom is -0.393 e. The minimum absolute atomic E-state index is 0.0418. The zero-order valence-electron chi connectivity index (χ0n) is 28.5. The molecular weight excluding hydrogens is 591 g/mol. The summed E-state index contributed by atoms with van der Waals surface area (Å²) in [6.07, 6.45) is 31.0. The van der Waals surface area contributed by atoms with Gasteiger partial charge in [-0.2, -0.15) is 0 Å². The predicted octanol–water partition coefficient (Wildman–Crippen LogP) is 7.80. The van der Waals surface area contributed by atoms with E-state index >= 15 is 0 Å². The van der Waals surface area contributed by atoms with Gasteiger partial charge < -0.3 is 26.2 Å². The Kier molecular flexibility index (Phi) is 30.4. The van der Waals surface area contributed by atoms with Crippen LogP contribution in [0, 0.1) is 0 Å². The van der Waals surface area contributed by atoms with E-state index in [0.717, 1.165) is 38.5 Å². The topological polar surface area (TPSA) is 151 Å². The van der Waals surface area contributed by atoms with E-state index < -0.39 is 38.6 Å². The maximum atomic E-state index is 12.7. The third-order valence-corrected chi connectivity index (χ3v) is 8.48. The SMILES string of the molecule is CCCC/C=C\CCCCC(O)CC(=O)NC(COP(=O)(O)OCCN)C(O)/C=C/CC/C=C/CCCCCCCCCCC. The molecule has 0 heterocycles. The van der Waals surface area contributed by atoms with E-state index in [1.165, 1.54) is 70.6 Å². The number of aliphatic hydroxyl groups excluding tert-OH is 2. The van der Waals surface area contributed by atoms with Crippen molar-refractivity contribution in [3.05, 3.63) is 36.5 Å². The molecule has 9 nitrogen and oxygen atoms in total. The highest BCUT2D eigenvalue weighted by molar-refractivity contribution is 7.47. The lowest BCUT2D eigenvalue weighted by molar-refractivity contribution is -0.124. The molecule has 0 spiro atoms. The monoisotopic (exact) mass is 658 g/mol. The number of nitrogens with two attached hydrogens (primary N) is 1. The molecule has 4 unspecified atom stereocenters. The summed E-state index contributed by atoms with van der Waals surface area (Å²) in [5, 5.41) is 23.7. The molecule has 0 aromatic carbocycles. The van der Waals surface area contributed by atoms with E-state index in [4.69, 9.17) is 14.8 Å². The molecule has 0 aliphatic carbocycles. The van der Waals surface area contributed by atoms with E-state index in [2.05, 4.69) is 43.5 Å². The van der Waals surface area contributed by atoms with Crippen LogP contribution < -0.4 is 11.1 Å². The van der Waals surface area contributed by atoms with Crippen LogP contribution >= 0.6 is 7.82 Å². The minimum atomic E-state index is -4.40. The zero-order chi connectivity index (χ0) is 33.4. The number of unbranched alkanes of at least 4 members (excludes halogenated alkanes) is 14. The van der Waals surface area contributed by atoms with Gasteiger partial charge >= 0.3 is 7.82 Å². The van der Waals surface area contributed by atoms with E-state index in [1.807, 2.05) is 6.08 Å². The number of carbonyl (C=O) groups is 1. The Morgan fingerprint density at radius 2 is 1.29 bits per heavy atom. The summed E-state index contributed by atoms with van der Waals surface area (Å²) >= 11 is 0. The van der Waals surface area contributed by atoms with Crippen LogP contribution in [0.5, 0.6) is 0 Å². The zero-order valence-corrected chi connectivity index (χ0v) is 29.4. The van der Waals surface area contributed by atoms with Crippen LogP contribution in [0.4, 0.5) is 0 Å². The van der Waals surface area contributed by atoms with E-state index in [1.54, 1.807) is 6.08 Å². The Morgan fingerprint density at radius 3 is 1.91 bits per heavy atom. The van der Waals surface area contributed by atoms with Gasteiger partial charge in [-0.1, -0.05) is 121 Å². The first-order valence-electron chi connectivity index (χ1n) is 17.7. The van der Waals surface area contributed by atoms with Crippen molar-refractivity contribution in [1.29, 1.82) is 0 Å². The van der Waals surface area contributed by atoms with Gasteiger partial charge in [0.2, 0.25) is 5.91 Å². The number of hydrogen-bond acceptors (Lipinski definition) is 7. The van der Waals surface area contributed by atoms with Crippen molar-refractivity contribution in [1.82, 2.24) is 5.32 Å². The number of amides is 1. The third-order valence-electron chi connectivity index (χ3n) is 7.49. The van der Waals surface area contributed by atoms with Crippen LogP contribution in [0.1, 0.15) is 142 Å². The number of allylic oxidation sites excluding steroid dienone is 5. The van der Waals surface area contributed by atoms with Crippen molar-refractivity contribution < 1.29 is 33.5 Å². The number of phosphoric ester groups is 1. The standard InChI is InChI=1S/C35H67N2O7P/c1-3-5-7-9-11-13-14-15-16-17-18-19-21-23-25-27-34(39)33(31-44-45(41,42)43-29-28-36)37-35(40)30-32(38)26-24-22-20-12-10-8-6-4-2/h10,12,18-19,25,27,32-34,38-39H,3-9,11,13-17,20-24,26,28-31,36H2,1-2H3,(H,37,40)(H,41,42)/b12-10-,19-18+,27-25+. The largest absolute Gasteiger partial charge is 0.472 e. The van der Waals surface area contributed by atoms with Crippen LogP contribution in [0.3, 0.4) is 0 Å². The summed E-state index contributed by atoms with van der Waals surface area (Å²) in [7, 11) is -4.40. The van der Waals surface area contributed by atoms with Crippen molar-refractivity contribution in [2.75, 3.05) is 19.8 Å². The maximum Gasteiger partial charge on any atom is 0.472 e. The van der Waals surface area contributed by atoms with Crippen molar-refractivity contribution in [2.24, 2.45) is 5.73 Å². The van der Waals surface area contributed by atoms with Gasteiger partial charge in [-0.15, -0.1) is 0 Å². The third kappa shape index (κ3) is 29.8. The molecule has 6 N–H and O–H groups in total. The predicted molar refractivity (Wildman–Crippen MR) is 186 cm³/mol. The summed E-state index contributed by atoms with van der Waals surface area (Å²) < 4.78 is 21.9. The summed E-state index contributed by atoms with van der Waals surface area (Å²) in [6.45, 7) is 3.84. The number of nitrogens with one attached hydrogen (secondary N) is 1. The molecule has 264 valence electrons. The molecule has 0 radical (unpaired) electrons. The summed E-state index contributed by atoms with van der Waals surface area (Å²) in [6, 6.07) is -1.00. The Labute approximate surface area is 274 Å². The second-order valence-corrected chi connectivity index (χ2v) is 13.4. The lowest BCUT2D eigenvalue weighted by Crippen LogP contribution is -2.46. The summed E-state index contributed by atoms with van der Waals surface area (Å²) in [5.74, 6) is -0.474. The molecule has 0 bridgehead atoms. The fraction of sp³-hybridized carbons (Fsp3) is 0.800. The highest BCUT2D eigenvalue weighted by Crippen LogP contribution is 2.43. The van der Waals surface area contributed by atoms with Crippen molar-refractivity contribution >= 4 is 13.7 Å². The van der Waals surface area contributed by atoms with Crippen molar-refractivity contribution in [3.8, 4) is 0 Å².